The van der Waals surface area contributed by atoms with Gasteiger partial charge in [-0.15, -0.1) is 0 Å². The van der Waals surface area contributed by atoms with E-state index in [0.29, 0.717) is 29.1 Å². The Morgan fingerprint density at radius 2 is 1.87 bits per heavy atom. The van der Waals surface area contributed by atoms with Crippen LogP contribution in [-0.2, 0) is 22.8 Å². The molecule has 12 heteroatoms. The first kappa shape index (κ1) is 26.1. The first-order chi connectivity index (χ1) is 18.4. The van der Waals surface area contributed by atoms with Crippen LogP contribution in [0.2, 0.25) is 0 Å². The molecule has 2 amide bonds. The summed E-state index contributed by atoms with van der Waals surface area (Å²) in [4.78, 5) is 32.7. The number of nitrogens with two attached hydrogens (primary N) is 1. The Kier molecular flexibility index (Phi) is 6.49. The number of fused-ring (bicyclic) bond motifs is 2. The van der Waals surface area contributed by atoms with E-state index in [1.165, 1.54) is 30.5 Å². The predicted octanol–water partition coefficient (Wildman–Crippen LogP) is 4.05. The van der Waals surface area contributed by atoms with Gasteiger partial charge >= 0.3 is 6.18 Å². The summed E-state index contributed by atoms with van der Waals surface area (Å²) in [5, 5.41) is 2.75. The van der Waals surface area contributed by atoms with E-state index in [1.807, 2.05) is 6.92 Å². The zero-order chi connectivity index (χ0) is 27.9. The van der Waals surface area contributed by atoms with Crippen LogP contribution in [0.4, 0.5) is 17.6 Å². The Morgan fingerprint density at radius 1 is 1.13 bits per heavy atom. The van der Waals surface area contributed by atoms with Gasteiger partial charge in [0.25, 0.3) is 5.91 Å². The lowest BCUT2D eigenvalue weighted by Crippen LogP contribution is -2.30. The maximum Gasteiger partial charge on any atom is 0.434 e. The highest BCUT2D eigenvalue weighted by Crippen LogP contribution is 2.46. The number of nitrogens with one attached hydrogen (secondary N) is 1. The molecular formula is C27H23F4N5O3. The molecule has 0 spiro atoms. The van der Waals surface area contributed by atoms with Crippen molar-refractivity contribution in [2.45, 2.75) is 31.4 Å². The molecule has 4 aromatic rings. The van der Waals surface area contributed by atoms with Crippen molar-refractivity contribution < 1.29 is 31.9 Å². The third-order valence-electron chi connectivity index (χ3n) is 6.56. The molecule has 0 unspecified atom stereocenters. The molecule has 4 heterocycles. The molecule has 3 N–H and O–H groups in total. The molecule has 1 aliphatic heterocycles. The van der Waals surface area contributed by atoms with E-state index in [1.54, 1.807) is 18.2 Å². The van der Waals surface area contributed by atoms with Crippen molar-refractivity contribution in [3.05, 3.63) is 83.2 Å². The smallest absolute Gasteiger partial charge is 0.434 e. The maximum absolute atomic E-state index is 13.5. The number of hydrogen-bond donors (Lipinski definition) is 2. The van der Waals surface area contributed by atoms with Crippen LogP contribution in [0, 0.1) is 5.82 Å². The molecule has 0 bridgehead atoms. The fraction of sp³-hybridized carbons (Fsp3) is 0.259. The maximum atomic E-state index is 13.5. The number of primary amides is 1. The monoisotopic (exact) mass is 541 g/mol. The first-order valence-electron chi connectivity index (χ1n) is 12.0. The molecule has 5 rings (SSSR count). The number of alkyl halides is 3. The van der Waals surface area contributed by atoms with E-state index in [0.717, 1.165) is 16.2 Å². The van der Waals surface area contributed by atoms with Crippen molar-refractivity contribution in [2.24, 2.45) is 5.73 Å². The summed E-state index contributed by atoms with van der Waals surface area (Å²) in [5.74, 6) is -0.886. The fourth-order valence-corrected chi connectivity index (χ4v) is 4.62. The molecule has 1 aromatic carbocycles. The number of carbonyl (C=O) groups excluding carboxylic acids is 2. The Bertz CT molecular complexity index is 1580. The highest BCUT2D eigenvalue weighted by atomic mass is 19.4. The molecule has 3 aromatic heterocycles. The van der Waals surface area contributed by atoms with E-state index >= 15 is 0 Å². The summed E-state index contributed by atoms with van der Waals surface area (Å²) in [6, 6.07) is 10.3. The third-order valence-corrected chi connectivity index (χ3v) is 6.56. The number of rotatable bonds is 7. The molecule has 39 heavy (non-hydrogen) atoms. The SMILES string of the molecule is C[C@]1(CC(N)=O)COc2c1cc(CCNC(=O)c1ccc3nc(C(F)(F)F)cn3c1)nc2-c1ccc(F)cc1. The molecular weight excluding hydrogens is 518 g/mol. The number of carbonyl (C=O) groups is 2. The molecule has 0 saturated heterocycles. The van der Waals surface area contributed by atoms with E-state index in [-0.39, 0.29) is 30.8 Å². The molecule has 1 atom stereocenters. The number of ether oxygens (including phenoxy) is 1. The second kappa shape index (κ2) is 9.68. The van der Waals surface area contributed by atoms with Crippen LogP contribution in [0.15, 0.2) is 54.9 Å². The zero-order valence-electron chi connectivity index (χ0n) is 20.7. The van der Waals surface area contributed by atoms with Gasteiger partial charge in [-0.3, -0.25) is 9.59 Å². The number of pyridine rings is 2. The number of hydrogen-bond acceptors (Lipinski definition) is 5. The lowest BCUT2D eigenvalue weighted by molar-refractivity contribution is -0.140. The summed E-state index contributed by atoms with van der Waals surface area (Å²) in [6.07, 6.45) is -2.15. The fourth-order valence-electron chi connectivity index (χ4n) is 4.62. The summed E-state index contributed by atoms with van der Waals surface area (Å²) >= 11 is 0. The largest absolute Gasteiger partial charge is 0.490 e. The minimum Gasteiger partial charge on any atom is -0.490 e. The zero-order valence-corrected chi connectivity index (χ0v) is 20.7. The Balaban J connectivity index is 1.37. The lowest BCUT2D eigenvalue weighted by atomic mass is 9.80. The first-order valence-corrected chi connectivity index (χ1v) is 12.0. The highest BCUT2D eigenvalue weighted by Gasteiger charge is 2.40. The summed E-state index contributed by atoms with van der Waals surface area (Å²) < 4.78 is 59.5. The van der Waals surface area contributed by atoms with Gasteiger partial charge in [-0.25, -0.2) is 14.4 Å². The summed E-state index contributed by atoms with van der Waals surface area (Å²) in [6.45, 7) is 2.24. The number of amides is 2. The van der Waals surface area contributed by atoms with Gasteiger partial charge in [-0.2, -0.15) is 13.2 Å². The molecule has 0 radical (unpaired) electrons. The van der Waals surface area contributed by atoms with Gasteiger partial charge < -0.3 is 20.2 Å². The minimum absolute atomic E-state index is 0.0514. The van der Waals surface area contributed by atoms with Gasteiger partial charge in [-0.05, 0) is 42.5 Å². The van der Waals surface area contributed by atoms with Gasteiger partial charge in [-0.1, -0.05) is 6.92 Å². The average molecular weight is 542 g/mol. The van der Waals surface area contributed by atoms with Crippen LogP contribution in [0.5, 0.6) is 5.75 Å². The van der Waals surface area contributed by atoms with Crippen LogP contribution < -0.4 is 15.8 Å². The van der Waals surface area contributed by atoms with Gasteiger partial charge in [0.15, 0.2) is 5.69 Å². The highest BCUT2D eigenvalue weighted by molar-refractivity contribution is 5.94. The van der Waals surface area contributed by atoms with Gasteiger partial charge in [0.05, 0.1) is 12.2 Å². The van der Waals surface area contributed by atoms with Crippen molar-refractivity contribution in [2.75, 3.05) is 13.2 Å². The number of nitrogens with zero attached hydrogens (tertiary/aromatic N) is 3. The van der Waals surface area contributed by atoms with Crippen LogP contribution in [0.3, 0.4) is 0 Å². The average Bonchev–Trinajstić information content (AvgIpc) is 3.45. The lowest BCUT2D eigenvalue weighted by Gasteiger charge is -2.21. The van der Waals surface area contributed by atoms with Gasteiger partial charge in [0.2, 0.25) is 5.91 Å². The molecule has 8 nitrogen and oxygen atoms in total. The minimum atomic E-state index is -4.59. The number of aromatic nitrogens is 3. The quantitative estimate of drug-likeness (QED) is 0.343. The molecule has 1 aliphatic rings. The predicted molar refractivity (Wildman–Crippen MR) is 133 cm³/mol. The van der Waals surface area contributed by atoms with E-state index in [2.05, 4.69) is 10.3 Å². The van der Waals surface area contributed by atoms with Crippen molar-refractivity contribution >= 4 is 17.5 Å². The topological polar surface area (TPSA) is 112 Å². The standard InChI is InChI=1S/C27H23F4N5O3/c1-26(11-21(32)37)14-39-24-19(26)10-18(34-23(24)15-2-5-17(28)6-3-15)8-9-33-25(38)16-4-7-22-35-20(27(29,30)31)13-36(22)12-16/h2-7,10,12-13H,8-9,11,14H2,1H3,(H2,32,37)(H,33,38)/t26-/m0/s1. The normalized spacial score (nSPS) is 16.6. The molecule has 0 fully saturated rings. The summed E-state index contributed by atoms with van der Waals surface area (Å²) in [5.41, 5.74) is 6.40. The van der Waals surface area contributed by atoms with Crippen LogP contribution in [0.1, 0.15) is 40.7 Å². The second-order valence-corrected chi connectivity index (χ2v) is 9.65. The Morgan fingerprint density at radius 3 is 2.56 bits per heavy atom. The van der Waals surface area contributed by atoms with Crippen LogP contribution in [-0.4, -0.2) is 39.3 Å². The van der Waals surface area contributed by atoms with E-state index in [4.69, 9.17) is 15.5 Å². The van der Waals surface area contributed by atoms with Gasteiger partial charge in [0, 0.05) is 54.0 Å². The third kappa shape index (κ3) is 5.27. The Labute approximate surface area is 219 Å². The molecule has 0 saturated carbocycles. The van der Waals surface area contributed by atoms with Crippen LogP contribution >= 0.6 is 0 Å². The summed E-state index contributed by atoms with van der Waals surface area (Å²) in [7, 11) is 0. The van der Waals surface area contributed by atoms with Gasteiger partial charge in [0.1, 0.15) is 22.9 Å². The Hall–Kier alpha value is -4.48. The number of halogens is 4. The molecule has 0 aliphatic carbocycles. The van der Waals surface area contributed by atoms with E-state index in [9.17, 15) is 27.2 Å². The number of imidazole rings is 1. The van der Waals surface area contributed by atoms with Crippen LogP contribution in [0.25, 0.3) is 16.9 Å². The van der Waals surface area contributed by atoms with Crippen molar-refractivity contribution in [1.29, 1.82) is 0 Å². The van der Waals surface area contributed by atoms with Crippen molar-refractivity contribution in [3.8, 4) is 17.0 Å². The van der Waals surface area contributed by atoms with Crippen molar-refractivity contribution in [1.82, 2.24) is 19.7 Å². The second-order valence-electron chi connectivity index (χ2n) is 9.65. The number of benzene rings is 1. The van der Waals surface area contributed by atoms with Crippen molar-refractivity contribution in [3.63, 3.8) is 0 Å². The molecule has 202 valence electrons. The van der Waals surface area contributed by atoms with E-state index < -0.39 is 34.9 Å².